The molecule has 1 aliphatic rings. The highest BCUT2D eigenvalue weighted by Crippen LogP contribution is 2.30. The molecule has 1 saturated carbocycles. The van der Waals surface area contributed by atoms with E-state index in [9.17, 15) is 4.79 Å². The lowest BCUT2D eigenvalue weighted by Gasteiger charge is -2.14. The molecule has 1 aromatic carbocycles. The Balaban J connectivity index is 1.65. The van der Waals surface area contributed by atoms with Crippen LogP contribution in [0.3, 0.4) is 0 Å². The van der Waals surface area contributed by atoms with E-state index in [0.717, 1.165) is 25.1 Å². The van der Waals surface area contributed by atoms with Gasteiger partial charge in [-0.05, 0) is 37.5 Å². The Hall–Kier alpha value is -1.55. The third-order valence-corrected chi connectivity index (χ3v) is 3.15. The summed E-state index contributed by atoms with van der Waals surface area (Å²) < 4.78 is 10.4. The van der Waals surface area contributed by atoms with Gasteiger partial charge in [0.25, 0.3) is 0 Å². The van der Waals surface area contributed by atoms with Crippen molar-refractivity contribution in [3.63, 3.8) is 0 Å². The molecule has 19 heavy (non-hydrogen) atoms. The van der Waals surface area contributed by atoms with E-state index in [-0.39, 0.29) is 18.0 Å². The highest BCUT2D eigenvalue weighted by Gasteiger charge is 2.32. The lowest BCUT2D eigenvalue weighted by molar-refractivity contribution is -0.149. The molecule has 1 unspecified atom stereocenters. The average molecular weight is 263 g/mol. The highest BCUT2D eigenvalue weighted by atomic mass is 16.5. The summed E-state index contributed by atoms with van der Waals surface area (Å²) >= 11 is 0. The molecule has 0 spiro atoms. The van der Waals surface area contributed by atoms with Crippen LogP contribution in [0.15, 0.2) is 24.3 Å². The molecule has 1 atom stereocenters. The van der Waals surface area contributed by atoms with Gasteiger partial charge in [0.1, 0.15) is 11.9 Å². The highest BCUT2D eigenvalue weighted by molar-refractivity contribution is 5.75. The fourth-order valence-electron chi connectivity index (χ4n) is 1.82. The molecule has 1 N–H and O–H groups in total. The van der Waals surface area contributed by atoms with Gasteiger partial charge in [-0.1, -0.05) is 12.1 Å². The minimum atomic E-state index is -0.0775. The van der Waals surface area contributed by atoms with E-state index in [4.69, 9.17) is 9.47 Å². The normalized spacial score (nSPS) is 15.9. The van der Waals surface area contributed by atoms with Crippen LogP contribution in [0.1, 0.15) is 25.3 Å². The summed E-state index contributed by atoms with van der Waals surface area (Å²) in [5, 5.41) is 3.29. The summed E-state index contributed by atoms with van der Waals surface area (Å²) in [5.41, 5.74) is 1.18. The standard InChI is InChI=1S/C15H21NO3/c1-11(19-15(17)13-5-6-13)9-16-10-12-3-7-14(18-2)8-4-12/h3-4,7-8,11,13,16H,5-6,9-10H2,1-2H3. The predicted molar refractivity (Wildman–Crippen MR) is 73.0 cm³/mol. The number of hydrogen-bond acceptors (Lipinski definition) is 4. The number of methoxy groups -OCH3 is 1. The Kier molecular flexibility index (Phi) is 4.80. The fraction of sp³-hybridized carbons (Fsp3) is 0.533. The largest absolute Gasteiger partial charge is 0.497 e. The molecule has 1 aliphatic carbocycles. The number of hydrogen-bond donors (Lipinski definition) is 1. The van der Waals surface area contributed by atoms with Crippen molar-refractivity contribution >= 4 is 5.97 Å². The number of benzene rings is 1. The van der Waals surface area contributed by atoms with Gasteiger partial charge < -0.3 is 14.8 Å². The molecule has 0 amide bonds. The Bertz CT molecular complexity index is 412. The number of rotatable bonds is 7. The van der Waals surface area contributed by atoms with E-state index >= 15 is 0 Å². The molecule has 1 fully saturated rings. The molecule has 0 aromatic heterocycles. The summed E-state index contributed by atoms with van der Waals surface area (Å²) in [6, 6.07) is 7.92. The van der Waals surface area contributed by atoms with Crippen LogP contribution in [0.2, 0.25) is 0 Å². The Labute approximate surface area is 114 Å². The molecule has 0 aliphatic heterocycles. The smallest absolute Gasteiger partial charge is 0.309 e. The number of carbonyl (C=O) groups is 1. The summed E-state index contributed by atoms with van der Waals surface area (Å²) in [7, 11) is 1.66. The predicted octanol–water partition coefficient (Wildman–Crippen LogP) is 2.13. The zero-order valence-electron chi connectivity index (χ0n) is 11.5. The van der Waals surface area contributed by atoms with Crippen LogP contribution in [0.5, 0.6) is 5.75 Å². The van der Waals surface area contributed by atoms with Crippen molar-refractivity contribution in [2.75, 3.05) is 13.7 Å². The second kappa shape index (κ2) is 6.57. The van der Waals surface area contributed by atoms with Crippen molar-refractivity contribution in [3.8, 4) is 5.75 Å². The van der Waals surface area contributed by atoms with Gasteiger partial charge in [0.05, 0.1) is 13.0 Å². The van der Waals surface area contributed by atoms with E-state index in [2.05, 4.69) is 5.32 Å². The van der Waals surface area contributed by atoms with Crippen LogP contribution in [0, 0.1) is 5.92 Å². The molecule has 2 rings (SSSR count). The van der Waals surface area contributed by atoms with Crippen LogP contribution in [-0.2, 0) is 16.1 Å². The van der Waals surface area contributed by atoms with Crippen LogP contribution in [0.4, 0.5) is 0 Å². The van der Waals surface area contributed by atoms with Crippen molar-refractivity contribution in [1.29, 1.82) is 0 Å². The Morgan fingerprint density at radius 2 is 2.05 bits per heavy atom. The minimum Gasteiger partial charge on any atom is -0.497 e. The second-order valence-corrected chi connectivity index (χ2v) is 5.00. The third-order valence-electron chi connectivity index (χ3n) is 3.15. The summed E-state index contributed by atoms with van der Waals surface area (Å²) in [6.45, 7) is 3.35. The molecule has 104 valence electrons. The molecule has 0 radical (unpaired) electrons. The molecular formula is C15H21NO3. The van der Waals surface area contributed by atoms with Crippen molar-refractivity contribution in [1.82, 2.24) is 5.32 Å². The van der Waals surface area contributed by atoms with Crippen LogP contribution in [0.25, 0.3) is 0 Å². The summed E-state index contributed by atoms with van der Waals surface area (Å²) in [4.78, 5) is 11.5. The fourth-order valence-corrected chi connectivity index (χ4v) is 1.82. The van der Waals surface area contributed by atoms with Crippen molar-refractivity contribution < 1.29 is 14.3 Å². The van der Waals surface area contributed by atoms with E-state index in [1.165, 1.54) is 5.56 Å². The Morgan fingerprint density at radius 1 is 1.37 bits per heavy atom. The number of ether oxygens (including phenoxy) is 2. The molecular weight excluding hydrogens is 242 g/mol. The van der Waals surface area contributed by atoms with Crippen LogP contribution in [-0.4, -0.2) is 25.7 Å². The zero-order valence-corrected chi connectivity index (χ0v) is 11.5. The van der Waals surface area contributed by atoms with Gasteiger partial charge in [0.2, 0.25) is 0 Å². The zero-order chi connectivity index (χ0) is 13.7. The first-order chi connectivity index (χ1) is 9.19. The van der Waals surface area contributed by atoms with Gasteiger partial charge >= 0.3 is 5.97 Å². The first-order valence-corrected chi connectivity index (χ1v) is 6.73. The number of esters is 1. The molecule has 0 heterocycles. The van der Waals surface area contributed by atoms with E-state index in [1.807, 2.05) is 31.2 Å². The molecule has 4 heteroatoms. The third kappa shape index (κ3) is 4.56. The van der Waals surface area contributed by atoms with Crippen LogP contribution >= 0.6 is 0 Å². The second-order valence-electron chi connectivity index (χ2n) is 5.00. The quantitative estimate of drug-likeness (QED) is 0.766. The van der Waals surface area contributed by atoms with Gasteiger partial charge in [0, 0.05) is 13.1 Å². The topological polar surface area (TPSA) is 47.6 Å². The van der Waals surface area contributed by atoms with Gasteiger partial charge in [-0.2, -0.15) is 0 Å². The molecule has 0 saturated heterocycles. The van der Waals surface area contributed by atoms with Crippen molar-refractivity contribution in [2.45, 2.75) is 32.4 Å². The van der Waals surface area contributed by atoms with Gasteiger partial charge in [-0.25, -0.2) is 0 Å². The Morgan fingerprint density at radius 3 is 2.63 bits per heavy atom. The van der Waals surface area contributed by atoms with Gasteiger partial charge in [0.15, 0.2) is 0 Å². The summed E-state index contributed by atoms with van der Waals surface area (Å²) in [6.07, 6.45) is 1.90. The van der Waals surface area contributed by atoms with Crippen molar-refractivity contribution in [2.24, 2.45) is 5.92 Å². The molecule has 4 nitrogen and oxygen atoms in total. The molecule has 1 aromatic rings. The maximum atomic E-state index is 11.5. The number of carbonyl (C=O) groups excluding carboxylic acids is 1. The maximum absolute atomic E-state index is 11.5. The molecule has 0 bridgehead atoms. The maximum Gasteiger partial charge on any atom is 0.309 e. The lowest BCUT2D eigenvalue weighted by atomic mass is 10.2. The average Bonchev–Trinajstić information content (AvgIpc) is 3.24. The number of nitrogens with one attached hydrogen (secondary N) is 1. The van der Waals surface area contributed by atoms with E-state index < -0.39 is 0 Å². The van der Waals surface area contributed by atoms with E-state index in [0.29, 0.717) is 6.54 Å². The minimum absolute atomic E-state index is 0.0428. The van der Waals surface area contributed by atoms with Crippen molar-refractivity contribution in [3.05, 3.63) is 29.8 Å². The summed E-state index contributed by atoms with van der Waals surface area (Å²) in [5.74, 6) is 0.985. The first-order valence-electron chi connectivity index (χ1n) is 6.73. The SMILES string of the molecule is COc1ccc(CNCC(C)OC(=O)C2CC2)cc1. The van der Waals surface area contributed by atoms with E-state index in [1.54, 1.807) is 7.11 Å². The lowest BCUT2D eigenvalue weighted by Crippen LogP contribution is -2.29. The van der Waals surface area contributed by atoms with Crippen LogP contribution < -0.4 is 10.1 Å². The van der Waals surface area contributed by atoms with Gasteiger partial charge in [-0.3, -0.25) is 4.79 Å². The monoisotopic (exact) mass is 263 g/mol. The first kappa shape index (κ1) is 13.9. The van der Waals surface area contributed by atoms with Gasteiger partial charge in [-0.15, -0.1) is 0 Å².